The molecule has 0 bridgehead atoms. The first-order valence-corrected chi connectivity index (χ1v) is 6.78. The zero-order chi connectivity index (χ0) is 12.1. The zero-order valence-electron chi connectivity index (χ0n) is 10.3. The van der Waals surface area contributed by atoms with E-state index in [0.29, 0.717) is 6.10 Å². The van der Waals surface area contributed by atoms with Gasteiger partial charge in [-0.15, -0.1) is 10.2 Å². The summed E-state index contributed by atoms with van der Waals surface area (Å²) >= 11 is 1.64. The summed E-state index contributed by atoms with van der Waals surface area (Å²) in [7, 11) is 1.70. The molecular weight excluding hydrogens is 238 g/mol. The standard InChI is InChI=1S/C11H19N3O2S/c1-8-3-4-9(16-8)11-14-13-10(17-11)7-12-5-6-15-2/h8-9,12H,3-7H2,1-2H3. The lowest BCUT2D eigenvalue weighted by atomic mass is 10.2. The highest BCUT2D eigenvalue weighted by molar-refractivity contribution is 7.11. The van der Waals surface area contributed by atoms with Crippen molar-refractivity contribution in [1.82, 2.24) is 15.5 Å². The third-order valence-corrected chi connectivity index (χ3v) is 3.76. The summed E-state index contributed by atoms with van der Waals surface area (Å²) in [6, 6.07) is 0. The Kier molecular flexibility index (Phi) is 4.85. The van der Waals surface area contributed by atoms with Gasteiger partial charge in [-0.1, -0.05) is 11.3 Å². The quantitative estimate of drug-likeness (QED) is 0.783. The molecule has 96 valence electrons. The van der Waals surface area contributed by atoms with Gasteiger partial charge in [0.25, 0.3) is 0 Å². The largest absolute Gasteiger partial charge is 0.383 e. The SMILES string of the molecule is COCCNCc1nnc(C2CCC(C)O2)s1. The third kappa shape index (κ3) is 3.70. The van der Waals surface area contributed by atoms with Crippen LogP contribution in [0.15, 0.2) is 0 Å². The highest BCUT2D eigenvalue weighted by Gasteiger charge is 2.26. The van der Waals surface area contributed by atoms with Crippen LogP contribution in [0.25, 0.3) is 0 Å². The van der Waals surface area contributed by atoms with Crippen LogP contribution in [0.4, 0.5) is 0 Å². The number of nitrogens with one attached hydrogen (secondary N) is 1. The van der Waals surface area contributed by atoms with Crippen molar-refractivity contribution in [2.75, 3.05) is 20.3 Å². The molecule has 2 unspecified atom stereocenters. The maximum Gasteiger partial charge on any atom is 0.146 e. The molecule has 0 amide bonds. The predicted octanol–water partition coefficient (Wildman–Crippen LogP) is 1.51. The van der Waals surface area contributed by atoms with E-state index in [-0.39, 0.29) is 6.10 Å². The van der Waals surface area contributed by atoms with Gasteiger partial charge in [-0.05, 0) is 19.8 Å². The van der Waals surface area contributed by atoms with E-state index >= 15 is 0 Å². The maximum atomic E-state index is 5.77. The van der Waals surface area contributed by atoms with Crippen LogP contribution in [0.3, 0.4) is 0 Å². The predicted molar refractivity (Wildman–Crippen MR) is 66.0 cm³/mol. The Bertz CT molecular complexity index is 345. The van der Waals surface area contributed by atoms with Crippen molar-refractivity contribution in [2.45, 2.75) is 38.5 Å². The fourth-order valence-electron chi connectivity index (χ4n) is 1.82. The van der Waals surface area contributed by atoms with E-state index in [4.69, 9.17) is 9.47 Å². The van der Waals surface area contributed by atoms with Crippen molar-refractivity contribution in [1.29, 1.82) is 0 Å². The maximum absolute atomic E-state index is 5.77. The van der Waals surface area contributed by atoms with Gasteiger partial charge in [0, 0.05) is 20.2 Å². The highest BCUT2D eigenvalue weighted by atomic mass is 32.1. The molecule has 6 heteroatoms. The van der Waals surface area contributed by atoms with Crippen molar-refractivity contribution in [2.24, 2.45) is 0 Å². The van der Waals surface area contributed by atoms with Gasteiger partial charge in [-0.25, -0.2) is 0 Å². The summed E-state index contributed by atoms with van der Waals surface area (Å²) < 4.78 is 10.7. The average Bonchev–Trinajstić information content (AvgIpc) is 2.93. The number of aromatic nitrogens is 2. The third-order valence-electron chi connectivity index (χ3n) is 2.75. The van der Waals surface area contributed by atoms with Crippen LogP contribution in [0, 0.1) is 0 Å². The molecule has 0 aliphatic carbocycles. The number of nitrogens with zero attached hydrogens (tertiary/aromatic N) is 2. The molecular formula is C11H19N3O2S. The van der Waals surface area contributed by atoms with Crippen molar-refractivity contribution < 1.29 is 9.47 Å². The van der Waals surface area contributed by atoms with Crippen molar-refractivity contribution in [3.8, 4) is 0 Å². The first-order valence-electron chi connectivity index (χ1n) is 5.97. The van der Waals surface area contributed by atoms with Gasteiger partial charge in [0.2, 0.25) is 0 Å². The summed E-state index contributed by atoms with van der Waals surface area (Å²) in [5.74, 6) is 0. The smallest absolute Gasteiger partial charge is 0.146 e. The average molecular weight is 257 g/mol. The summed E-state index contributed by atoms with van der Waals surface area (Å²) in [5.41, 5.74) is 0. The molecule has 0 spiro atoms. The summed E-state index contributed by atoms with van der Waals surface area (Å²) in [6.07, 6.45) is 2.70. The Balaban J connectivity index is 1.79. The summed E-state index contributed by atoms with van der Waals surface area (Å²) in [6.45, 7) is 4.41. The molecule has 1 aromatic rings. The number of rotatable bonds is 6. The van der Waals surface area contributed by atoms with Crippen LogP contribution in [0.2, 0.25) is 0 Å². The number of methoxy groups -OCH3 is 1. The van der Waals surface area contributed by atoms with Crippen molar-refractivity contribution in [3.63, 3.8) is 0 Å². The minimum atomic E-state index is 0.162. The molecule has 0 radical (unpaired) electrons. The van der Waals surface area contributed by atoms with E-state index in [9.17, 15) is 0 Å². The zero-order valence-corrected chi connectivity index (χ0v) is 11.1. The van der Waals surface area contributed by atoms with Gasteiger partial charge >= 0.3 is 0 Å². The lowest BCUT2D eigenvalue weighted by Crippen LogP contribution is -2.18. The van der Waals surface area contributed by atoms with E-state index in [1.165, 1.54) is 0 Å². The van der Waals surface area contributed by atoms with Gasteiger partial charge in [-0.2, -0.15) is 0 Å². The Morgan fingerprint density at radius 3 is 3.06 bits per heavy atom. The molecule has 1 N–H and O–H groups in total. The first kappa shape index (κ1) is 12.9. The van der Waals surface area contributed by atoms with Crippen molar-refractivity contribution >= 4 is 11.3 Å². The van der Waals surface area contributed by atoms with E-state index in [1.807, 2.05) is 0 Å². The highest BCUT2D eigenvalue weighted by Crippen LogP contribution is 2.33. The van der Waals surface area contributed by atoms with Crippen LogP contribution < -0.4 is 5.32 Å². The van der Waals surface area contributed by atoms with Crippen LogP contribution in [0.5, 0.6) is 0 Å². The van der Waals surface area contributed by atoms with Crippen LogP contribution in [-0.2, 0) is 16.0 Å². The second-order valence-corrected chi connectivity index (χ2v) is 5.31. The second kappa shape index (κ2) is 6.39. The second-order valence-electron chi connectivity index (χ2n) is 4.22. The Labute approximate surface area is 106 Å². The van der Waals surface area contributed by atoms with Gasteiger partial charge in [0.05, 0.1) is 12.7 Å². The Morgan fingerprint density at radius 2 is 2.35 bits per heavy atom. The Hall–Kier alpha value is -0.560. The molecule has 0 aromatic carbocycles. The molecule has 1 aromatic heterocycles. The fourth-order valence-corrected chi connectivity index (χ4v) is 2.71. The topological polar surface area (TPSA) is 56.3 Å². The minimum absolute atomic E-state index is 0.162. The molecule has 2 rings (SSSR count). The van der Waals surface area contributed by atoms with E-state index in [2.05, 4.69) is 22.4 Å². The molecule has 5 nitrogen and oxygen atoms in total. The number of ether oxygens (including phenoxy) is 2. The van der Waals surface area contributed by atoms with Gasteiger partial charge in [0.1, 0.15) is 16.1 Å². The normalized spacial score (nSPS) is 24.4. The summed E-state index contributed by atoms with van der Waals surface area (Å²) in [5, 5.41) is 13.7. The molecule has 2 atom stereocenters. The number of hydrogen-bond donors (Lipinski definition) is 1. The van der Waals surface area contributed by atoms with Crippen LogP contribution in [-0.4, -0.2) is 36.6 Å². The molecule has 1 saturated heterocycles. The number of hydrogen-bond acceptors (Lipinski definition) is 6. The first-order chi connectivity index (χ1) is 8.29. The minimum Gasteiger partial charge on any atom is -0.383 e. The van der Waals surface area contributed by atoms with E-state index < -0.39 is 0 Å². The molecule has 1 aliphatic heterocycles. The fraction of sp³-hybridized carbons (Fsp3) is 0.818. The lowest BCUT2D eigenvalue weighted by Gasteiger charge is -2.05. The Morgan fingerprint density at radius 1 is 1.47 bits per heavy atom. The van der Waals surface area contributed by atoms with E-state index in [1.54, 1.807) is 18.4 Å². The molecule has 17 heavy (non-hydrogen) atoms. The molecule has 0 saturated carbocycles. The van der Waals surface area contributed by atoms with Gasteiger partial charge in [-0.3, -0.25) is 0 Å². The molecule has 1 fully saturated rings. The van der Waals surface area contributed by atoms with E-state index in [0.717, 1.165) is 42.6 Å². The van der Waals surface area contributed by atoms with Gasteiger partial charge in [0.15, 0.2) is 0 Å². The van der Waals surface area contributed by atoms with Crippen LogP contribution >= 0.6 is 11.3 Å². The monoisotopic (exact) mass is 257 g/mol. The van der Waals surface area contributed by atoms with Gasteiger partial charge < -0.3 is 14.8 Å². The molecule has 2 heterocycles. The summed E-state index contributed by atoms with van der Waals surface area (Å²) in [4.78, 5) is 0. The lowest BCUT2D eigenvalue weighted by molar-refractivity contribution is 0.0550. The van der Waals surface area contributed by atoms with Crippen molar-refractivity contribution in [3.05, 3.63) is 10.0 Å². The van der Waals surface area contributed by atoms with Crippen LogP contribution in [0.1, 0.15) is 35.9 Å². The molecule has 1 aliphatic rings.